The van der Waals surface area contributed by atoms with Crippen molar-refractivity contribution in [1.82, 2.24) is 0 Å². The normalized spacial score (nSPS) is 16.1. The van der Waals surface area contributed by atoms with E-state index in [0.717, 1.165) is 4.90 Å². The van der Waals surface area contributed by atoms with Gasteiger partial charge < -0.3 is 4.90 Å². The van der Waals surface area contributed by atoms with Crippen LogP contribution in [0.3, 0.4) is 0 Å². The van der Waals surface area contributed by atoms with E-state index >= 15 is 0 Å². The number of rotatable bonds is 0. The van der Waals surface area contributed by atoms with E-state index in [1.54, 1.807) is 0 Å². The first-order chi connectivity index (χ1) is 8.53. The Bertz CT molecular complexity index is 616. The summed E-state index contributed by atoms with van der Waals surface area (Å²) in [4.78, 5) is 3.33. The zero-order chi connectivity index (χ0) is 12.9. The van der Waals surface area contributed by atoms with E-state index in [2.05, 4.69) is 80.9 Å². The number of nitrogens with zero attached hydrogens (tertiary/aromatic N) is 1. The van der Waals surface area contributed by atoms with Gasteiger partial charge in [0.15, 0.2) is 0 Å². The van der Waals surface area contributed by atoms with Crippen LogP contribution in [0.4, 0.5) is 11.4 Å². The van der Waals surface area contributed by atoms with Gasteiger partial charge in [0, 0.05) is 28.7 Å². The third kappa shape index (κ3) is 1.42. The van der Waals surface area contributed by atoms with E-state index in [1.165, 1.54) is 22.5 Å². The van der Waals surface area contributed by atoms with Gasteiger partial charge in [0.1, 0.15) is 0 Å². The largest absolute Gasteiger partial charge is 0.344 e. The Kier molecular flexibility index (Phi) is 2.46. The second kappa shape index (κ2) is 3.79. The van der Waals surface area contributed by atoms with E-state index in [9.17, 15) is 0 Å². The molecular formula is C16H17NS. The van der Waals surface area contributed by atoms with Gasteiger partial charge in [-0.3, -0.25) is 0 Å². The smallest absolute Gasteiger partial charge is 0.0460 e. The number of hydrogen-bond donors (Lipinski definition) is 1. The molecule has 0 aromatic heterocycles. The van der Waals surface area contributed by atoms with Crippen LogP contribution >= 0.6 is 12.6 Å². The van der Waals surface area contributed by atoms with Crippen molar-refractivity contribution in [3.05, 3.63) is 53.6 Å². The highest BCUT2D eigenvalue weighted by molar-refractivity contribution is 7.80. The minimum absolute atomic E-state index is 0.00319. The summed E-state index contributed by atoms with van der Waals surface area (Å²) in [5.41, 5.74) is 5.22. The van der Waals surface area contributed by atoms with Crippen LogP contribution in [0.2, 0.25) is 0 Å². The highest BCUT2D eigenvalue weighted by atomic mass is 32.1. The van der Waals surface area contributed by atoms with Crippen molar-refractivity contribution in [2.75, 3.05) is 11.9 Å². The number of benzene rings is 2. The Morgan fingerprint density at radius 3 is 2.39 bits per heavy atom. The summed E-state index contributed by atoms with van der Waals surface area (Å²) >= 11 is 4.65. The summed E-state index contributed by atoms with van der Waals surface area (Å²) in [5, 5.41) is 0. The quantitative estimate of drug-likeness (QED) is 0.684. The van der Waals surface area contributed by atoms with Crippen molar-refractivity contribution < 1.29 is 0 Å². The van der Waals surface area contributed by atoms with E-state index in [1.807, 2.05) is 0 Å². The molecule has 2 heteroatoms. The van der Waals surface area contributed by atoms with Crippen LogP contribution in [0, 0.1) is 0 Å². The number of para-hydroxylation sites is 1. The third-order valence-corrected chi connectivity index (χ3v) is 4.32. The van der Waals surface area contributed by atoms with Crippen LogP contribution in [0.1, 0.15) is 25.0 Å². The SMILES string of the molecule is CN1c2ccccc2C(C)(C)c2c(S)cccc21. The molecule has 1 nitrogen and oxygen atoms in total. The first-order valence-corrected chi connectivity index (χ1v) is 6.64. The van der Waals surface area contributed by atoms with Gasteiger partial charge in [-0.05, 0) is 29.3 Å². The molecule has 0 N–H and O–H groups in total. The molecule has 2 aromatic carbocycles. The fraction of sp³-hybridized carbons (Fsp3) is 0.250. The fourth-order valence-corrected chi connectivity index (χ4v) is 3.49. The topological polar surface area (TPSA) is 3.24 Å². The average Bonchev–Trinajstić information content (AvgIpc) is 2.36. The lowest BCUT2D eigenvalue weighted by molar-refractivity contribution is 0.616. The van der Waals surface area contributed by atoms with Crippen molar-refractivity contribution in [3.8, 4) is 0 Å². The molecule has 0 fully saturated rings. The molecule has 0 bridgehead atoms. The van der Waals surface area contributed by atoms with Gasteiger partial charge >= 0.3 is 0 Å². The highest BCUT2D eigenvalue weighted by Crippen LogP contribution is 2.49. The number of anilines is 2. The van der Waals surface area contributed by atoms with Crippen molar-refractivity contribution >= 4 is 24.0 Å². The summed E-state index contributed by atoms with van der Waals surface area (Å²) in [6, 6.07) is 14.9. The molecule has 92 valence electrons. The molecule has 0 unspecified atom stereocenters. The number of fused-ring (bicyclic) bond motifs is 2. The maximum atomic E-state index is 4.65. The highest BCUT2D eigenvalue weighted by Gasteiger charge is 2.35. The van der Waals surface area contributed by atoms with Gasteiger partial charge in [0.25, 0.3) is 0 Å². The summed E-state index contributed by atoms with van der Waals surface area (Å²) < 4.78 is 0. The molecule has 1 aliphatic heterocycles. The average molecular weight is 255 g/mol. The van der Waals surface area contributed by atoms with E-state index in [0.29, 0.717) is 0 Å². The molecule has 0 aliphatic carbocycles. The predicted molar refractivity (Wildman–Crippen MR) is 80.3 cm³/mol. The van der Waals surface area contributed by atoms with Gasteiger partial charge in [-0.15, -0.1) is 12.6 Å². The zero-order valence-corrected chi connectivity index (χ0v) is 11.8. The minimum atomic E-state index is -0.00319. The van der Waals surface area contributed by atoms with E-state index in [4.69, 9.17) is 0 Å². The summed E-state index contributed by atoms with van der Waals surface area (Å²) in [6.07, 6.45) is 0. The van der Waals surface area contributed by atoms with Crippen LogP contribution in [-0.4, -0.2) is 7.05 Å². The first-order valence-electron chi connectivity index (χ1n) is 6.19. The lowest BCUT2D eigenvalue weighted by Crippen LogP contribution is -2.31. The molecular weight excluding hydrogens is 238 g/mol. The monoisotopic (exact) mass is 255 g/mol. The molecule has 0 radical (unpaired) electrons. The summed E-state index contributed by atoms with van der Waals surface area (Å²) in [6.45, 7) is 4.55. The molecule has 0 saturated heterocycles. The summed E-state index contributed by atoms with van der Waals surface area (Å²) in [5.74, 6) is 0. The predicted octanol–water partition coefficient (Wildman–Crippen LogP) is 4.38. The molecule has 0 spiro atoms. The second-order valence-electron chi connectivity index (χ2n) is 5.37. The Hall–Kier alpha value is -1.41. The molecule has 18 heavy (non-hydrogen) atoms. The zero-order valence-electron chi connectivity index (χ0n) is 10.9. The number of thiol groups is 1. The Morgan fingerprint density at radius 2 is 1.61 bits per heavy atom. The lowest BCUT2D eigenvalue weighted by Gasteiger charge is -2.41. The van der Waals surface area contributed by atoms with Gasteiger partial charge in [-0.25, -0.2) is 0 Å². The van der Waals surface area contributed by atoms with Gasteiger partial charge in [0.2, 0.25) is 0 Å². The maximum absolute atomic E-state index is 4.65. The maximum Gasteiger partial charge on any atom is 0.0460 e. The third-order valence-electron chi connectivity index (χ3n) is 3.95. The molecule has 1 heterocycles. The molecule has 0 amide bonds. The molecule has 0 atom stereocenters. The van der Waals surface area contributed by atoms with Crippen molar-refractivity contribution in [2.24, 2.45) is 0 Å². The lowest BCUT2D eigenvalue weighted by atomic mass is 9.74. The molecule has 0 saturated carbocycles. The van der Waals surface area contributed by atoms with Crippen molar-refractivity contribution in [1.29, 1.82) is 0 Å². The van der Waals surface area contributed by atoms with Gasteiger partial charge in [-0.1, -0.05) is 38.1 Å². The van der Waals surface area contributed by atoms with Crippen LogP contribution in [0.25, 0.3) is 0 Å². The Labute approximate surface area is 114 Å². The molecule has 1 aliphatic rings. The first kappa shape index (κ1) is 11.7. The van der Waals surface area contributed by atoms with Gasteiger partial charge in [0.05, 0.1) is 0 Å². The van der Waals surface area contributed by atoms with Crippen LogP contribution in [0.5, 0.6) is 0 Å². The van der Waals surface area contributed by atoms with Crippen molar-refractivity contribution in [2.45, 2.75) is 24.2 Å². The van der Waals surface area contributed by atoms with Crippen LogP contribution in [-0.2, 0) is 5.41 Å². The minimum Gasteiger partial charge on any atom is -0.344 e. The Morgan fingerprint density at radius 1 is 0.944 bits per heavy atom. The number of hydrogen-bond acceptors (Lipinski definition) is 2. The van der Waals surface area contributed by atoms with Crippen molar-refractivity contribution in [3.63, 3.8) is 0 Å². The molecule has 2 aromatic rings. The molecule has 3 rings (SSSR count). The Balaban J connectivity index is 2.37. The standard InChI is InChI=1S/C16H17NS/c1-16(2)11-7-4-5-8-12(11)17(3)13-9-6-10-14(18)15(13)16/h4-10,18H,1-3H3. The van der Waals surface area contributed by atoms with E-state index < -0.39 is 0 Å². The fourth-order valence-electron chi connectivity index (χ4n) is 3.01. The summed E-state index contributed by atoms with van der Waals surface area (Å²) in [7, 11) is 2.13. The van der Waals surface area contributed by atoms with Gasteiger partial charge in [-0.2, -0.15) is 0 Å². The van der Waals surface area contributed by atoms with Crippen LogP contribution in [0.15, 0.2) is 47.4 Å². The van der Waals surface area contributed by atoms with Crippen LogP contribution < -0.4 is 4.90 Å². The van der Waals surface area contributed by atoms with E-state index in [-0.39, 0.29) is 5.41 Å². The second-order valence-corrected chi connectivity index (χ2v) is 5.85.